The molecule has 0 heterocycles. The van der Waals surface area contributed by atoms with Crippen molar-refractivity contribution < 1.29 is 37.6 Å². The Morgan fingerprint density at radius 1 is 0.509 bits per heavy atom. The maximum absolute atomic E-state index is 12.9. The lowest BCUT2D eigenvalue weighted by molar-refractivity contribution is -0.162. The Balaban J connectivity index is 4.65. The topological polar surface area (TPSA) is 134 Å². The van der Waals surface area contributed by atoms with Crippen molar-refractivity contribution in [2.45, 2.75) is 204 Å². The van der Waals surface area contributed by atoms with E-state index in [4.69, 9.17) is 24.3 Å². The van der Waals surface area contributed by atoms with E-state index in [9.17, 15) is 19.0 Å². The van der Waals surface area contributed by atoms with Crippen molar-refractivity contribution in [2.24, 2.45) is 53.1 Å². The second kappa shape index (κ2) is 32.9. The molecule has 3 N–H and O–H groups in total. The summed E-state index contributed by atoms with van der Waals surface area (Å²) in [6.45, 7) is 21.9. The molecule has 0 saturated carbocycles. The summed E-state index contributed by atoms with van der Waals surface area (Å²) in [6, 6.07) is 0. The SMILES string of the molecule is CC(C)CCC[C@@H](C)CCC[C@@H](C)CCC[C@H](C)CC(=O)OC[C@H](COP(=O)(O)OCCN)OC(=O)C[C@@H](C)CCC[C@H](C)CCC[C@H](C)CCCC(C)C. The standard InChI is InChI=1S/C45H90NO8P/c1-35(2)17-11-19-37(5)21-13-23-39(7)25-15-27-41(9)31-44(47)51-33-43(34-53-55(49,50)52-30-29-46)54-45(48)32-42(10)28-16-26-40(8)24-14-22-38(6)20-12-18-36(3)4/h35-43H,11-34,46H2,1-10H3,(H,49,50)/t37-,38-,39-,40-,41+,42+,43-/m1/s1. The van der Waals surface area contributed by atoms with E-state index in [2.05, 4.69) is 62.3 Å². The van der Waals surface area contributed by atoms with Gasteiger partial charge >= 0.3 is 19.8 Å². The molecular formula is C45H90NO8P. The molecular weight excluding hydrogens is 713 g/mol. The summed E-state index contributed by atoms with van der Waals surface area (Å²) in [7, 11) is -4.40. The Hall–Kier alpha value is -0.990. The zero-order chi connectivity index (χ0) is 41.6. The number of phosphoric acid groups is 1. The quantitative estimate of drug-likeness (QED) is 0.0465. The molecule has 0 bridgehead atoms. The molecule has 0 aromatic heterocycles. The van der Waals surface area contributed by atoms with Crippen molar-refractivity contribution in [2.75, 3.05) is 26.4 Å². The average molecular weight is 804 g/mol. The Bertz CT molecular complexity index is 994. The highest BCUT2D eigenvalue weighted by Crippen LogP contribution is 2.43. The van der Waals surface area contributed by atoms with Crippen molar-refractivity contribution in [3.05, 3.63) is 0 Å². The molecule has 8 atom stereocenters. The van der Waals surface area contributed by atoms with Gasteiger partial charge in [0, 0.05) is 19.4 Å². The van der Waals surface area contributed by atoms with Gasteiger partial charge in [0.2, 0.25) is 0 Å². The van der Waals surface area contributed by atoms with E-state index in [0.717, 1.165) is 62.2 Å². The summed E-state index contributed by atoms with van der Waals surface area (Å²) in [5.41, 5.74) is 5.38. The largest absolute Gasteiger partial charge is 0.472 e. The summed E-state index contributed by atoms with van der Waals surface area (Å²) >= 11 is 0. The maximum Gasteiger partial charge on any atom is 0.472 e. The Labute approximate surface area is 339 Å². The average Bonchev–Trinajstić information content (AvgIpc) is 3.08. The number of ether oxygens (including phenoxy) is 2. The first-order valence-corrected chi connectivity index (χ1v) is 24.1. The van der Waals surface area contributed by atoms with Gasteiger partial charge < -0.3 is 20.1 Å². The highest BCUT2D eigenvalue weighted by Gasteiger charge is 2.27. The second-order valence-electron chi connectivity index (χ2n) is 18.6. The summed E-state index contributed by atoms with van der Waals surface area (Å²) in [6.07, 6.45) is 21.3. The highest BCUT2D eigenvalue weighted by atomic mass is 31.2. The summed E-state index contributed by atoms with van der Waals surface area (Å²) in [5.74, 6) is 3.95. The number of carbonyl (C=O) groups excluding carboxylic acids is 2. The monoisotopic (exact) mass is 804 g/mol. The van der Waals surface area contributed by atoms with E-state index >= 15 is 0 Å². The molecule has 0 aliphatic carbocycles. The number of hydrogen-bond acceptors (Lipinski definition) is 8. The molecule has 328 valence electrons. The molecule has 0 rings (SSSR count). The van der Waals surface area contributed by atoms with Gasteiger partial charge in [-0.1, -0.05) is 185 Å². The fraction of sp³-hybridized carbons (Fsp3) is 0.956. The minimum atomic E-state index is -4.40. The Morgan fingerprint density at radius 2 is 0.855 bits per heavy atom. The summed E-state index contributed by atoms with van der Waals surface area (Å²) in [4.78, 5) is 35.7. The first-order chi connectivity index (χ1) is 25.9. The van der Waals surface area contributed by atoms with Crippen LogP contribution in [0, 0.1) is 47.3 Å². The van der Waals surface area contributed by atoms with Crippen molar-refractivity contribution in [1.82, 2.24) is 0 Å². The van der Waals surface area contributed by atoms with Crippen molar-refractivity contribution in [1.29, 1.82) is 0 Å². The van der Waals surface area contributed by atoms with Gasteiger partial charge in [0.25, 0.3) is 0 Å². The van der Waals surface area contributed by atoms with Gasteiger partial charge in [-0.3, -0.25) is 18.6 Å². The zero-order valence-electron chi connectivity index (χ0n) is 37.5. The van der Waals surface area contributed by atoms with Crippen LogP contribution in [0.3, 0.4) is 0 Å². The number of rotatable bonds is 37. The first kappa shape index (κ1) is 54.0. The number of hydrogen-bond donors (Lipinski definition) is 2. The normalized spacial score (nSPS) is 17.0. The van der Waals surface area contributed by atoms with Crippen LogP contribution in [-0.2, 0) is 32.7 Å². The molecule has 0 aliphatic heterocycles. The lowest BCUT2D eigenvalue weighted by atomic mass is 9.91. The minimum Gasteiger partial charge on any atom is -0.462 e. The number of nitrogens with two attached hydrogens (primary N) is 1. The van der Waals surface area contributed by atoms with E-state index in [1.54, 1.807) is 0 Å². The van der Waals surface area contributed by atoms with E-state index in [-0.39, 0.29) is 50.4 Å². The fourth-order valence-electron chi connectivity index (χ4n) is 7.34. The molecule has 55 heavy (non-hydrogen) atoms. The van der Waals surface area contributed by atoms with Gasteiger partial charge in [-0.05, 0) is 47.3 Å². The molecule has 0 aromatic rings. The van der Waals surface area contributed by atoms with Crippen LogP contribution in [0.2, 0.25) is 0 Å². The maximum atomic E-state index is 12.9. The predicted octanol–water partition coefficient (Wildman–Crippen LogP) is 12.5. The molecule has 0 aliphatic rings. The second-order valence-corrected chi connectivity index (χ2v) is 20.0. The van der Waals surface area contributed by atoms with Crippen LogP contribution in [0.1, 0.15) is 198 Å². The smallest absolute Gasteiger partial charge is 0.462 e. The third-order valence-corrected chi connectivity index (χ3v) is 12.1. The van der Waals surface area contributed by atoms with Crippen molar-refractivity contribution in [3.63, 3.8) is 0 Å². The van der Waals surface area contributed by atoms with Crippen LogP contribution in [0.15, 0.2) is 0 Å². The van der Waals surface area contributed by atoms with Gasteiger partial charge in [-0.25, -0.2) is 4.57 Å². The first-order valence-electron chi connectivity index (χ1n) is 22.6. The molecule has 0 radical (unpaired) electrons. The van der Waals surface area contributed by atoms with Gasteiger partial charge in [0.1, 0.15) is 6.61 Å². The molecule has 0 saturated heterocycles. The van der Waals surface area contributed by atoms with Gasteiger partial charge in [-0.15, -0.1) is 0 Å². The minimum absolute atomic E-state index is 0.0490. The van der Waals surface area contributed by atoms with Crippen molar-refractivity contribution in [3.8, 4) is 0 Å². The zero-order valence-corrected chi connectivity index (χ0v) is 38.4. The van der Waals surface area contributed by atoms with Gasteiger partial charge in [0.15, 0.2) is 6.10 Å². The Morgan fingerprint density at radius 3 is 1.22 bits per heavy atom. The molecule has 0 amide bonds. The number of carbonyl (C=O) groups is 2. The van der Waals surface area contributed by atoms with Crippen LogP contribution in [0.4, 0.5) is 0 Å². The molecule has 1 unspecified atom stereocenters. The number of esters is 2. The number of phosphoric ester groups is 1. The van der Waals surface area contributed by atoms with E-state index in [0.29, 0.717) is 11.8 Å². The van der Waals surface area contributed by atoms with E-state index < -0.39 is 26.5 Å². The molecule has 0 spiro atoms. The van der Waals surface area contributed by atoms with Crippen molar-refractivity contribution >= 4 is 19.8 Å². The van der Waals surface area contributed by atoms with E-state index in [1.165, 1.54) is 77.0 Å². The summed E-state index contributed by atoms with van der Waals surface area (Å²) in [5, 5.41) is 0. The fourth-order valence-corrected chi connectivity index (χ4v) is 8.10. The van der Waals surface area contributed by atoms with Crippen LogP contribution in [0.5, 0.6) is 0 Å². The van der Waals surface area contributed by atoms with Gasteiger partial charge in [-0.2, -0.15) is 0 Å². The van der Waals surface area contributed by atoms with Crippen LogP contribution in [0.25, 0.3) is 0 Å². The molecule has 0 aromatic carbocycles. The van der Waals surface area contributed by atoms with Crippen LogP contribution < -0.4 is 5.73 Å². The predicted molar refractivity (Wildman–Crippen MR) is 229 cm³/mol. The highest BCUT2D eigenvalue weighted by molar-refractivity contribution is 7.47. The molecule has 9 nitrogen and oxygen atoms in total. The van der Waals surface area contributed by atoms with Crippen LogP contribution in [-0.4, -0.2) is 49.3 Å². The third-order valence-electron chi connectivity index (χ3n) is 11.1. The lowest BCUT2D eigenvalue weighted by Gasteiger charge is -2.21. The lowest BCUT2D eigenvalue weighted by Crippen LogP contribution is -2.30. The van der Waals surface area contributed by atoms with Crippen LogP contribution >= 0.6 is 7.82 Å². The molecule has 10 heteroatoms. The van der Waals surface area contributed by atoms with Gasteiger partial charge in [0.05, 0.1) is 13.2 Å². The molecule has 0 fully saturated rings. The third kappa shape index (κ3) is 34.7. The Kier molecular flexibility index (Phi) is 32.3. The summed E-state index contributed by atoms with van der Waals surface area (Å²) < 4.78 is 33.3. The van der Waals surface area contributed by atoms with E-state index in [1.807, 2.05) is 6.92 Å².